The average Bonchev–Trinajstić information content (AvgIpc) is 2.88. The van der Waals surface area contributed by atoms with Gasteiger partial charge in [-0.15, -0.1) is 0 Å². The van der Waals surface area contributed by atoms with Gasteiger partial charge in [0.1, 0.15) is 24.8 Å². The summed E-state index contributed by atoms with van der Waals surface area (Å²) in [5.41, 5.74) is 0. The molecule has 0 aromatic carbocycles. The van der Waals surface area contributed by atoms with E-state index in [0.717, 1.165) is 13.1 Å². The molecule has 1 radical (unpaired) electrons. The summed E-state index contributed by atoms with van der Waals surface area (Å²) in [7, 11) is 4.04. The predicted octanol–water partition coefficient (Wildman–Crippen LogP) is -17.6. The Morgan fingerprint density at radius 2 is 0.846 bits per heavy atom. The minimum Gasteiger partial charge on any atom is -1.00 e. The molecule has 2 rings (SSSR count). The van der Waals surface area contributed by atoms with Crippen LogP contribution in [0.5, 0.6) is 0 Å². The van der Waals surface area contributed by atoms with Gasteiger partial charge in [0.15, 0.2) is 0 Å². The molecule has 0 aliphatic carbocycles. The van der Waals surface area contributed by atoms with Crippen LogP contribution in [0.4, 0.5) is 0 Å². The first-order chi connectivity index (χ1) is 7.65. The third-order valence-corrected chi connectivity index (χ3v) is 2.38. The number of nitrogens with zero attached hydrogens (tertiary/aromatic N) is 4. The topological polar surface area (TPSA) is 144 Å². The van der Waals surface area contributed by atoms with Crippen LogP contribution in [0.3, 0.4) is 0 Å². The molecule has 2 heterocycles. The average molecular weight is 639 g/mol. The van der Waals surface area contributed by atoms with Crippen LogP contribution in [0.15, 0.2) is 37.4 Å². The molecular formula is C12H30Cl5ErN4O4. The zero-order chi connectivity index (χ0) is 12.0. The van der Waals surface area contributed by atoms with E-state index in [-0.39, 0.29) is 121 Å². The van der Waals surface area contributed by atoms with Crippen LogP contribution in [0, 0.1) is 37.3 Å². The van der Waals surface area contributed by atoms with Gasteiger partial charge < -0.3 is 83.9 Å². The molecule has 0 saturated heterocycles. The Kier molecular flexibility index (Phi) is 89.4. The van der Waals surface area contributed by atoms with Gasteiger partial charge in [-0.05, 0) is 13.8 Å². The Labute approximate surface area is 216 Å². The largest absolute Gasteiger partial charge is 3.00 e. The maximum absolute atomic E-state index is 2.12. The van der Waals surface area contributed by atoms with Gasteiger partial charge in [-0.3, -0.25) is 0 Å². The van der Waals surface area contributed by atoms with Crippen molar-refractivity contribution in [2.24, 2.45) is 14.1 Å². The summed E-state index contributed by atoms with van der Waals surface area (Å²) in [6, 6.07) is 0. The van der Waals surface area contributed by atoms with Crippen LogP contribution in [-0.4, -0.2) is 31.0 Å². The second-order valence-electron chi connectivity index (χ2n) is 3.82. The molecule has 0 atom stereocenters. The van der Waals surface area contributed by atoms with Gasteiger partial charge in [-0.2, -0.15) is 0 Å². The van der Waals surface area contributed by atoms with Crippen molar-refractivity contribution in [2.75, 3.05) is 0 Å². The van der Waals surface area contributed by atoms with Crippen molar-refractivity contribution in [1.29, 1.82) is 0 Å². The second kappa shape index (κ2) is 36.8. The molecule has 0 aliphatic heterocycles. The van der Waals surface area contributed by atoms with Crippen LogP contribution in [0.25, 0.3) is 0 Å². The number of rotatable bonds is 2. The quantitative estimate of drug-likeness (QED) is 0.288. The SMILES string of the molecule is CCn1cc[n+](C)c1.CCn1cc[n+](C)c1.O.O.O.O.[Cl-].[Cl-].[Cl-].[Cl-].[Cl-].[Er+3]. The zero-order valence-electron chi connectivity index (χ0n) is 14.8. The van der Waals surface area contributed by atoms with Gasteiger partial charge >= 0.3 is 37.3 Å². The smallest absolute Gasteiger partial charge is 1.00 e. The molecule has 8 N–H and O–H groups in total. The molecule has 0 bridgehead atoms. The van der Waals surface area contributed by atoms with E-state index in [1.807, 2.05) is 35.6 Å². The molecule has 2 aromatic heterocycles. The van der Waals surface area contributed by atoms with Crippen LogP contribution in [0.1, 0.15) is 13.8 Å². The number of hydrogen-bond donors (Lipinski definition) is 0. The van der Waals surface area contributed by atoms with E-state index in [1.165, 1.54) is 0 Å². The fourth-order valence-corrected chi connectivity index (χ4v) is 1.38. The van der Waals surface area contributed by atoms with E-state index in [9.17, 15) is 0 Å². The van der Waals surface area contributed by atoms with Gasteiger partial charge in [-0.1, -0.05) is 0 Å². The van der Waals surface area contributed by atoms with Gasteiger partial charge in [-0.25, -0.2) is 18.3 Å². The molecule has 8 nitrogen and oxygen atoms in total. The maximum atomic E-state index is 2.12. The van der Waals surface area contributed by atoms with E-state index < -0.39 is 0 Å². The Morgan fingerprint density at radius 1 is 0.615 bits per heavy atom. The van der Waals surface area contributed by atoms with E-state index in [0.29, 0.717) is 0 Å². The molecule has 169 valence electrons. The molecule has 26 heavy (non-hydrogen) atoms. The van der Waals surface area contributed by atoms with Crippen LogP contribution in [0.2, 0.25) is 0 Å². The molecule has 0 spiro atoms. The summed E-state index contributed by atoms with van der Waals surface area (Å²) in [5.74, 6) is 0. The van der Waals surface area contributed by atoms with Crippen molar-refractivity contribution in [2.45, 2.75) is 26.9 Å². The van der Waals surface area contributed by atoms with Gasteiger partial charge in [0.2, 0.25) is 12.7 Å². The van der Waals surface area contributed by atoms with E-state index in [4.69, 9.17) is 0 Å². The number of aromatic nitrogens is 4. The summed E-state index contributed by atoms with van der Waals surface area (Å²) in [4.78, 5) is 0. The zero-order valence-corrected chi connectivity index (χ0v) is 20.5. The van der Waals surface area contributed by atoms with Crippen molar-refractivity contribution >= 4 is 0 Å². The standard InChI is InChI=1S/2C6H11N2.5ClH.Er.4H2O/c2*1-3-8-5-4-7(2)6-8;;;;;;;;;;/h2*4-6H,3H2,1-2H3;5*1H;;4*1H2/q2*+1;;;;;;+3;;;;/p-5. The Bertz CT molecular complexity index is 412. The molecule has 0 amide bonds. The summed E-state index contributed by atoms with van der Waals surface area (Å²) >= 11 is 0. The van der Waals surface area contributed by atoms with Crippen molar-refractivity contribution in [3.05, 3.63) is 37.4 Å². The first-order valence-electron chi connectivity index (χ1n) is 5.67. The first-order valence-corrected chi connectivity index (χ1v) is 5.67. The molecule has 0 unspecified atom stereocenters. The summed E-state index contributed by atoms with van der Waals surface area (Å²) in [6.07, 6.45) is 12.3. The number of aryl methyl sites for hydroxylation is 4. The molecular weight excluding hydrogens is 609 g/mol. The number of imidazole rings is 2. The van der Waals surface area contributed by atoms with Crippen molar-refractivity contribution in [3.8, 4) is 0 Å². The van der Waals surface area contributed by atoms with Crippen molar-refractivity contribution in [3.63, 3.8) is 0 Å². The van der Waals surface area contributed by atoms with Gasteiger partial charge in [0, 0.05) is 0 Å². The van der Waals surface area contributed by atoms with E-state index >= 15 is 0 Å². The van der Waals surface area contributed by atoms with E-state index in [2.05, 4.69) is 48.0 Å². The molecule has 2 aromatic rings. The van der Waals surface area contributed by atoms with Gasteiger partial charge in [0.25, 0.3) is 0 Å². The van der Waals surface area contributed by atoms with Crippen LogP contribution in [-0.2, 0) is 27.2 Å². The third kappa shape index (κ3) is 27.2. The fourth-order valence-electron chi connectivity index (χ4n) is 1.38. The summed E-state index contributed by atoms with van der Waals surface area (Å²) in [5, 5.41) is 0. The monoisotopic (exact) mass is 635 g/mol. The number of hydrogen-bond acceptors (Lipinski definition) is 0. The second-order valence-corrected chi connectivity index (χ2v) is 3.82. The molecule has 14 heteroatoms. The number of halogens is 5. The Hall–Kier alpha value is 0.957. The molecule has 0 saturated carbocycles. The van der Waals surface area contributed by atoms with Crippen LogP contribution < -0.4 is 71.2 Å². The Balaban J connectivity index is -0.0000000178. The minimum absolute atomic E-state index is 0. The summed E-state index contributed by atoms with van der Waals surface area (Å²) in [6.45, 7) is 6.36. The molecule has 0 aliphatic rings. The van der Waals surface area contributed by atoms with Crippen molar-refractivity contribution < 1.29 is 130 Å². The van der Waals surface area contributed by atoms with Crippen molar-refractivity contribution in [1.82, 2.24) is 9.13 Å². The van der Waals surface area contributed by atoms with Crippen LogP contribution >= 0.6 is 0 Å². The maximum Gasteiger partial charge on any atom is 3.00 e. The minimum atomic E-state index is 0. The van der Waals surface area contributed by atoms with E-state index in [1.54, 1.807) is 0 Å². The third-order valence-electron chi connectivity index (χ3n) is 2.38. The molecule has 0 fully saturated rings. The first kappa shape index (κ1) is 63.2. The fraction of sp³-hybridized carbons (Fsp3) is 0.500. The Morgan fingerprint density at radius 3 is 0.923 bits per heavy atom. The predicted molar refractivity (Wildman–Crippen MR) is 77.0 cm³/mol. The normalized spacial score (nSPS) is 6.00. The summed E-state index contributed by atoms with van der Waals surface area (Å²) < 4.78 is 8.31. The van der Waals surface area contributed by atoms with Gasteiger partial charge in [0.05, 0.1) is 27.2 Å².